The van der Waals surface area contributed by atoms with Crippen molar-refractivity contribution in [1.82, 2.24) is 9.80 Å². The van der Waals surface area contributed by atoms with E-state index in [0.717, 1.165) is 70.1 Å². The smallest absolute Gasteiger partial charge is 0.319 e. The molecule has 120 valence electrons. The van der Waals surface area contributed by atoms with Crippen LogP contribution in [-0.2, 0) is 6.42 Å². The fourth-order valence-electron chi connectivity index (χ4n) is 3.68. The van der Waals surface area contributed by atoms with Gasteiger partial charge in [-0.25, -0.2) is 4.79 Å². The molecule has 0 aliphatic carbocycles. The van der Waals surface area contributed by atoms with Crippen LogP contribution in [0.2, 0.25) is 0 Å². The molecule has 0 spiro atoms. The van der Waals surface area contributed by atoms with Crippen LogP contribution in [0.5, 0.6) is 0 Å². The first-order valence-electron chi connectivity index (χ1n) is 8.80. The van der Waals surface area contributed by atoms with E-state index < -0.39 is 0 Å². The summed E-state index contributed by atoms with van der Waals surface area (Å²) < 4.78 is 0. The number of likely N-dealkylation sites (tertiary alicyclic amines) is 2. The van der Waals surface area contributed by atoms with Gasteiger partial charge in [-0.15, -0.1) is 0 Å². The lowest BCUT2D eigenvalue weighted by Gasteiger charge is -2.38. The van der Waals surface area contributed by atoms with Crippen LogP contribution in [0.15, 0.2) is 30.3 Å². The number of hydrogen-bond acceptors (Lipinski definition) is 1. The van der Waals surface area contributed by atoms with Gasteiger partial charge in [-0.05, 0) is 49.5 Å². The summed E-state index contributed by atoms with van der Waals surface area (Å²) in [4.78, 5) is 16.7. The molecule has 2 aliphatic rings. The molecule has 1 aromatic carbocycles. The Morgan fingerprint density at radius 1 is 0.955 bits per heavy atom. The summed E-state index contributed by atoms with van der Waals surface area (Å²) in [5.41, 5.74) is 1.43. The summed E-state index contributed by atoms with van der Waals surface area (Å²) >= 11 is 0. The number of rotatable bonds is 2. The SMILES string of the molecule is CC1CCN(C(=O)N2CCC(Cc3ccccc3)CC2)CC1. The number of carbonyl (C=O) groups excluding carboxylic acids is 1. The minimum Gasteiger partial charge on any atom is -0.325 e. The van der Waals surface area contributed by atoms with Crippen molar-refractivity contribution in [2.45, 2.75) is 39.0 Å². The van der Waals surface area contributed by atoms with E-state index in [9.17, 15) is 4.79 Å². The predicted octanol–water partition coefficient (Wildman–Crippen LogP) is 3.79. The number of hydrogen-bond donors (Lipinski definition) is 0. The van der Waals surface area contributed by atoms with Crippen LogP contribution in [0.3, 0.4) is 0 Å². The highest BCUT2D eigenvalue weighted by molar-refractivity contribution is 5.74. The molecule has 3 nitrogen and oxygen atoms in total. The van der Waals surface area contributed by atoms with Crippen LogP contribution in [0.25, 0.3) is 0 Å². The second-order valence-corrected chi connectivity index (χ2v) is 7.07. The van der Waals surface area contributed by atoms with Crippen LogP contribution < -0.4 is 0 Å². The van der Waals surface area contributed by atoms with Gasteiger partial charge in [0, 0.05) is 26.2 Å². The van der Waals surface area contributed by atoms with Crippen LogP contribution in [0.1, 0.15) is 38.2 Å². The zero-order chi connectivity index (χ0) is 15.4. The summed E-state index contributed by atoms with van der Waals surface area (Å²) in [5.74, 6) is 1.51. The van der Waals surface area contributed by atoms with E-state index in [1.165, 1.54) is 5.56 Å². The second-order valence-electron chi connectivity index (χ2n) is 7.07. The van der Waals surface area contributed by atoms with Gasteiger partial charge < -0.3 is 9.80 Å². The van der Waals surface area contributed by atoms with E-state index in [0.29, 0.717) is 0 Å². The molecule has 0 atom stereocenters. The van der Waals surface area contributed by atoms with E-state index in [1.54, 1.807) is 0 Å². The van der Waals surface area contributed by atoms with Crippen LogP contribution >= 0.6 is 0 Å². The topological polar surface area (TPSA) is 23.6 Å². The highest BCUT2D eigenvalue weighted by Gasteiger charge is 2.28. The van der Waals surface area contributed by atoms with Gasteiger partial charge in [0.1, 0.15) is 0 Å². The Kier molecular flexibility index (Phi) is 5.01. The number of urea groups is 1. The van der Waals surface area contributed by atoms with Crippen molar-refractivity contribution in [3.63, 3.8) is 0 Å². The first-order chi connectivity index (χ1) is 10.7. The Hall–Kier alpha value is -1.51. The van der Waals surface area contributed by atoms with Gasteiger partial charge in [0.25, 0.3) is 0 Å². The highest BCUT2D eigenvalue weighted by atomic mass is 16.2. The number of benzene rings is 1. The monoisotopic (exact) mass is 300 g/mol. The maximum atomic E-state index is 12.6. The lowest BCUT2D eigenvalue weighted by atomic mass is 9.90. The van der Waals surface area contributed by atoms with Gasteiger partial charge in [0.15, 0.2) is 0 Å². The summed E-state index contributed by atoms with van der Waals surface area (Å²) in [5, 5.41) is 0. The average Bonchev–Trinajstić information content (AvgIpc) is 2.57. The Morgan fingerprint density at radius 3 is 2.09 bits per heavy atom. The van der Waals surface area contributed by atoms with E-state index in [2.05, 4.69) is 47.1 Å². The molecular weight excluding hydrogens is 272 g/mol. The number of piperidine rings is 2. The molecule has 22 heavy (non-hydrogen) atoms. The van der Waals surface area contributed by atoms with Crippen LogP contribution in [-0.4, -0.2) is 42.0 Å². The molecule has 1 aromatic rings. The zero-order valence-electron chi connectivity index (χ0n) is 13.7. The van der Waals surface area contributed by atoms with Crippen molar-refractivity contribution in [3.05, 3.63) is 35.9 Å². The molecule has 0 saturated carbocycles. The Balaban J connectivity index is 1.46. The van der Waals surface area contributed by atoms with Gasteiger partial charge >= 0.3 is 6.03 Å². The zero-order valence-corrected chi connectivity index (χ0v) is 13.7. The van der Waals surface area contributed by atoms with Crippen molar-refractivity contribution in [2.24, 2.45) is 11.8 Å². The summed E-state index contributed by atoms with van der Waals surface area (Å²) in [6, 6.07) is 11.0. The fraction of sp³-hybridized carbons (Fsp3) is 0.632. The standard InChI is InChI=1S/C19H28N2O/c1-16-7-11-20(12-8-16)19(22)21-13-9-18(10-14-21)15-17-5-3-2-4-6-17/h2-6,16,18H,7-15H2,1H3. The fourth-order valence-corrected chi connectivity index (χ4v) is 3.68. The van der Waals surface area contributed by atoms with Crippen molar-refractivity contribution < 1.29 is 4.79 Å². The molecule has 2 aliphatic heterocycles. The summed E-state index contributed by atoms with van der Waals surface area (Å²) in [6.07, 6.45) is 5.77. The maximum absolute atomic E-state index is 12.6. The van der Waals surface area contributed by atoms with Crippen molar-refractivity contribution in [2.75, 3.05) is 26.2 Å². The van der Waals surface area contributed by atoms with Gasteiger partial charge in [0.2, 0.25) is 0 Å². The highest BCUT2D eigenvalue weighted by Crippen LogP contribution is 2.24. The summed E-state index contributed by atoms with van der Waals surface area (Å²) in [7, 11) is 0. The second kappa shape index (κ2) is 7.17. The predicted molar refractivity (Wildman–Crippen MR) is 89.8 cm³/mol. The number of nitrogens with zero attached hydrogens (tertiary/aromatic N) is 2. The third-order valence-electron chi connectivity index (χ3n) is 5.31. The van der Waals surface area contributed by atoms with Crippen LogP contribution in [0, 0.1) is 11.8 Å². The minimum atomic E-state index is 0.282. The molecule has 0 radical (unpaired) electrons. The molecule has 0 bridgehead atoms. The van der Waals surface area contributed by atoms with Crippen molar-refractivity contribution >= 4 is 6.03 Å². The third-order valence-corrected chi connectivity index (χ3v) is 5.31. The van der Waals surface area contributed by atoms with Gasteiger partial charge in [-0.1, -0.05) is 37.3 Å². The first-order valence-corrected chi connectivity index (χ1v) is 8.80. The van der Waals surface area contributed by atoms with E-state index in [4.69, 9.17) is 0 Å². The van der Waals surface area contributed by atoms with Crippen molar-refractivity contribution in [1.29, 1.82) is 0 Å². The molecule has 2 amide bonds. The molecule has 2 fully saturated rings. The lowest BCUT2D eigenvalue weighted by molar-refractivity contribution is 0.118. The number of amides is 2. The Morgan fingerprint density at radius 2 is 1.50 bits per heavy atom. The molecule has 0 aromatic heterocycles. The maximum Gasteiger partial charge on any atom is 0.319 e. The molecule has 2 heterocycles. The first kappa shape index (κ1) is 15.4. The third kappa shape index (κ3) is 3.82. The van der Waals surface area contributed by atoms with Gasteiger partial charge in [-0.3, -0.25) is 0 Å². The minimum absolute atomic E-state index is 0.282. The molecule has 0 N–H and O–H groups in total. The lowest BCUT2D eigenvalue weighted by Crippen LogP contribution is -2.49. The van der Waals surface area contributed by atoms with Crippen molar-refractivity contribution in [3.8, 4) is 0 Å². The van der Waals surface area contributed by atoms with E-state index >= 15 is 0 Å². The normalized spacial score (nSPS) is 21.1. The molecule has 3 rings (SSSR count). The van der Waals surface area contributed by atoms with Crippen LogP contribution in [0.4, 0.5) is 4.79 Å². The van der Waals surface area contributed by atoms with E-state index in [1.807, 2.05) is 0 Å². The Bertz CT molecular complexity index is 471. The quantitative estimate of drug-likeness (QED) is 0.815. The van der Waals surface area contributed by atoms with Gasteiger partial charge in [0.05, 0.1) is 0 Å². The Labute approximate surface area is 134 Å². The van der Waals surface area contributed by atoms with Gasteiger partial charge in [-0.2, -0.15) is 0 Å². The molecular formula is C19H28N2O. The largest absolute Gasteiger partial charge is 0.325 e. The van der Waals surface area contributed by atoms with E-state index in [-0.39, 0.29) is 6.03 Å². The number of carbonyl (C=O) groups is 1. The molecule has 0 unspecified atom stereocenters. The summed E-state index contributed by atoms with van der Waals surface area (Å²) in [6.45, 7) is 6.05. The average molecular weight is 300 g/mol. The molecule has 3 heteroatoms. The molecule has 2 saturated heterocycles.